The summed E-state index contributed by atoms with van der Waals surface area (Å²) in [5.41, 5.74) is 3.28. The average molecular weight is 365 g/mol. The molecule has 2 aromatic carbocycles. The van der Waals surface area contributed by atoms with Crippen LogP contribution in [0.5, 0.6) is 0 Å². The SMILES string of the molecule is O=C1CC(N2Cc3c(NCc4ccccc4)cccc3C2=O)C(=O)NC1O. The minimum Gasteiger partial charge on any atom is -0.381 e. The molecule has 2 heterocycles. The van der Waals surface area contributed by atoms with E-state index in [0.717, 1.165) is 16.8 Å². The van der Waals surface area contributed by atoms with E-state index in [1.165, 1.54) is 4.90 Å². The van der Waals surface area contributed by atoms with Crippen LogP contribution in [0.3, 0.4) is 0 Å². The molecule has 0 aliphatic carbocycles. The quantitative estimate of drug-likeness (QED) is 0.752. The second-order valence-electron chi connectivity index (χ2n) is 6.70. The fraction of sp³-hybridized carbons (Fsp3) is 0.250. The summed E-state index contributed by atoms with van der Waals surface area (Å²) in [6.45, 7) is 0.855. The number of rotatable bonds is 4. The second kappa shape index (κ2) is 6.85. The summed E-state index contributed by atoms with van der Waals surface area (Å²) >= 11 is 0. The van der Waals surface area contributed by atoms with Crippen LogP contribution in [0.2, 0.25) is 0 Å². The number of carbonyl (C=O) groups excluding carboxylic acids is 3. The van der Waals surface area contributed by atoms with Gasteiger partial charge in [-0.05, 0) is 17.7 Å². The molecule has 0 radical (unpaired) electrons. The van der Waals surface area contributed by atoms with Crippen LogP contribution in [0, 0.1) is 0 Å². The van der Waals surface area contributed by atoms with Crippen LogP contribution < -0.4 is 10.6 Å². The van der Waals surface area contributed by atoms with Gasteiger partial charge in [0.15, 0.2) is 12.0 Å². The zero-order valence-electron chi connectivity index (χ0n) is 14.5. The molecule has 4 rings (SSSR count). The van der Waals surface area contributed by atoms with Crippen LogP contribution in [0.4, 0.5) is 5.69 Å². The van der Waals surface area contributed by atoms with Gasteiger partial charge in [0.2, 0.25) is 5.91 Å². The molecule has 2 aliphatic heterocycles. The Morgan fingerprint density at radius 2 is 1.85 bits per heavy atom. The summed E-state index contributed by atoms with van der Waals surface area (Å²) < 4.78 is 0. The van der Waals surface area contributed by atoms with Gasteiger partial charge < -0.3 is 20.6 Å². The van der Waals surface area contributed by atoms with Crippen molar-refractivity contribution in [1.29, 1.82) is 0 Å². The first kappa shape index (κ1) is 17.2. The van der Waals surface area contributed by atoms with Crippen molar-refractivity contribution >= 4 is 23.3 Å². The van der Waals surface area contributed by atoms with Gasteiger partial charge in [0.05, 0.1) is 0 Å². The first-order valence-electron chi connectivity index (χ1n) is 8.76. The number of benzene rings is 2. The van der Waals surface area contributed by atoms with E-state index >= 15 is 0 Å². The predicted molar refractivity (Wildman–Crippen MR) is 97.6 cm³/mol. The van der Waals surface area contributed by atoms with Gasteiger partial charge >= 0.3 is 0 Å². The molecule has 2 aliphatic rings. The van der Waals surface area contributed by atoms with Crippen LogP contribution in [0.25, 0.3) is 0 Å². The van der Waals surface area contributed by atoms with E-state index in [9.17, 15) is 19.5 Å². The number of fused-ring (bicyclic) bond motifs is 1. The van der Waals surface area contributed by atoms with Gasteiger partial charge in [0.25, 0.3) is 5.91 Å². The van der Waals surface area contributed by atoms with Gasteiger partial charge in [-0.2, -0.15) is 0 Å². The van der Waals surface area contributed by atoms with E-state index in [1.54, 1.807) is 12.1 Å². The molecule has 2 aromatic rings. The van der Waals surface area contributed by atoms with E-state index in [1.807, 2.05) is 36.4 Å². The molecule has 0 saturated carbocycles. The van der Waals surface area contributed by atoms with Gasteiger partial charge in [-0.15, -0.1) is 0 Å². The Hall–Kier alpha value is -3.19. The Morgan fingerprint density at radius 3 is 2.63 bits per heavy atom. The van der Waals surface area contributed by atoms with Crippen molar-refractivity contribution in [3.05, 3.63) is 65.2 Å². The standard InChI is InChI=1S/C20H19N3O4/c24-17-9-16(18(25)22-19(17)26)23-11-14-13(20(23)27)7-4-8-15(14)21-10-12-5-2-1-3-6-12/h1-8,16,19,21,26H,9-11H2,(H,22,25). The molecule has 138 valence electrons. The van der Waals surface area contributed by atoms with Gasteiger partial charge in [0, 0.05) is 36.3 Å². The number of aliphatic hydroxyl groups excluding tert-OH is 1. The van der Waals surface area contributed by atoms with Gasteiger partial charge in [0.1, 0.15) is 6.04 Å². The highest BCUT2D eigenvalue weighted by molar-refractivity contribution is 6.05. The van der Waals surface area contributed by atoms with E-state index in [2.05, 4.69) is 10.6 Å². The van der Waals surface area contributed by atoms with Crippen molar-refractivity contribution in [2.24, 2.45) is 0 Å². The Balaban J connectivity index is 1.55. The Bertz CT molecular complexity index is 913. The number of carbonyl (C=O) groups is 3. The maximum atomic E-state index is 12.8. The number of Topliss-reactive ketones (excluding diaryl/α,β-unsaturated/α-hetero) is 1. The lowest BCUT2D eigenvalue weighted by molar-refractivity contribution is -0.145. The number of nitrogens with zero attached hydrogens (tertiary/aromatic N) is 1. The third-order valence-electron chi connectivity index (χ3n) is 4.98. The molecule has 7 heteroatoms. The molecule has 0 bridgehead atoms. The fourth-order valence-electron chi connectivity index (χ4n) is 3.52. The second-order valence-corrected chi connectivity index (χ2v) is 6.70. The highest BCUT2D eigenvalue weighted by Gasteiger charge is 2.42. The molecule has 1 saturated heterocycles. The number of amides is 2. The summed E-state index contributed by atoms with van der Waals surface area (Å²) in [6.07, 6.45) is -1.67. The molecule has 7 nitrogen and oxygen atoms in total. The van der Waals surface area contributed by atoms with Gasteiger partial charge in [-0.1, -0.05) is 36.4 Å². The zero-order valence-corrected chi connectivity index (χ0v) is 14.5. The number of piperidine rings is 1. The fourth-order valence-corrected chi connectivity index (χ4v) is 3.52. The number of hydrogen-bond acceptors (Lipinski definition) is 5. The lowest BCUT2D eigenvalue weighted by Gasteiger charge is -2.31. The van der Waals surface area contributed by atoms with Crippen molar-refractivity contribution < 1.29 is 19.5 Å². The van der Waals surface area contributed by atoms with Crippen molar-refractivity contribution in [3.63, 3.8) is 0 Å². The van der Waals surface area contributed by atoms with E-state index in [-0.39, 0.29) is 18.9 Å². The Labute approximate surface area is 156 Å². The third kappa shape index (κ3) is 3.17. The molecule has 2 atom stereocenters. The molecule has 27 heavy (non-hydrogen) atoms. The van der Waals surface area contributed by atoms with Gasteiger partial charge in [-0.3, -0.25) is 14.4 Å². The van der Waals surface area contributed by atoms with Crippen LogP contribution in [0.15, 0.2) is 48.5 Å². The van der Waals surface area contributed by atoms with Gasteiger partial charge in [-0.25, -0.2) is 0 Å². The maximum Gasteiger partial charge on any atom is 0.255 e. The van der Waals surface area contributed by atoms with E-state index < -0.39 is 24.0 Å². The topological polar surface area (TPSA) is 98.7 Å². The molecule has 0 spiro atoms. The summed E-state index contributed by atoms with van der Waals surface area (Å²) in [4.78, 5) is 38.2. The molecule has 2 unspecified atom stereocenters. The third-order valence-corrected chi connectivity index (χ3v) is 4.98. The molecule has 3 N–H and O–H groups in total. The predicted octanol–water partition coefficient (Wildman–Crippen LogP) is 1.03. The van der Waals surface area contributed by atoms with E-state index in [4.69, 9.17) is 0 Å². The molecule has 1 fully saturated rings. The van der Waals surface area contributed by atoms with Crippen molar-refractivity contribution in [2.45, 2.75) is 31.8 Å². The smallest absolute Gasteiger partial charge is 0.255 e. The number of nitrogens with one attached hydrogen (secondary N) is 2. The highest BCUT2D eigenvalue weighted by Crippen LogP contribution is 2.32. The normalized spacial score (nSPS) is 21.8. The maximum absolute atomic E-state index is 12.8. The zero-order chi connectivity index (χ0) is 19.0. The monoisotopic (exact) mass is 365 g/mol. The van der Waals surface area contributed by atoms with Crippen LogP contribution in [0.1, 0.15) is 27.9 Å². The Kier molecular flexibility index (Phi) is 4.37. The summed E-state index contributed by atoms with van der Waals surface area (Å²) in [5, 5.41) is 15.0. The summed E-state index contributed by atoms with van der Waals surface area (Å²) in [7, 11) is 0. The molecule has 0 aromatic heterocycles. The number of ketones is 1. The minimum absolute atomic E-state index is 0.181. The largest absolute Gasteiger partial charge is 0.381 e. The molecular weight excluding hydrogens is 346 g/mol. The van der Waals surface area contributed by atoms with Crippen LogP contribution in [-0.4, -0.2) is 39.9 Å². The molecular formula is C20H19N3O4. The first-order chi connectivity index (χ1) is 13.0. The minimum atomic E-state index is -1.49. The van der Waals surface area contributed by atoms with Crippen LogP contribution >= 0.6 is 0 Å². The first-order valence-corrected chi connectivity index (χ1v) is 8.76. The lowest BCUT2D eigenvalue weighted by atomic mass is 10.0. The number of hydrogen-bond donors (Lipinski definition) is 3. The Morgan fingerprint density at radius 1 is 1.07 bits per heavy atom. The van der Waals surface area contributed by atoms with Crippen molar-refractivity contribution in [2.75, 3.05) is 5.32 Å². The van der Waals surface area contributed by atoms with Crippen LogP contribution in [-0.2, 0) is 22.7 Å². The highest BCUT2D eigenvalue weighted by atomic mass is 16.3. The summed E-state index contributed by atoms with van der Waals surface area (Å²) in [5.74, 6) is -1.29. The number of anilines is 1. The van der Waals surface area contributed by atoms with E-state index in [0.29, 0.717) is 12.1 Å². The van der Waals surface area contributed by atoms with Crippen molar-refractivity contribution in [3.8, 4) is 0 Å². The average Bonchev–Trinajstić information content (AvgIpc) is 3.01. The summed E-state index contributed by atoms with van der Waals surface area (Å²) in [6, 6.07) is 14.4. The number of aliphatic hydroxyl groups is 1. The molecule has 2 amide bonds. The van der Waals surface area contributed by atoms with Crippen molar-refractivity contribution in [1.82, 2.24) is 10.2 Å². The lowest BCUT2D eigenvalue weighted by Crippen LogP contribution is -2.58.